The van der Waals surface area contributed by atoms with E-state index in [9.17, 15) is 19.1 Å². The molecule has 1 N–H and O–H groups in total. The van der Waals surface area contributed by atoms with Crippen molar-refractivity contribution in [2.75, 3.05) is 32.8 Å². The summed E-state index contributed by atoms with van der Waals surface area (Å²) in [6, 6.07) is 5.51. The number of hydrogen-bond donors (Lipinski definition) is 1. The molecule has 2 unspecified atom stereocenters. The van der Waals surface area contributed by atoms with Gasteiger partial charge in [0.25, 0.3) is 0 Å². The third kappa shape index (κ3) is 4.68. The van der Waals surface area contributed by atoms with Crippen LogP contribution in [0.3, 0.4) is 0 Å². The number of halogens is 2. The minimum absolute atomic E-state index is 0. The standard InChI is InChI=1S/C17H21FN2O4.ClH/c18-13-5-3-12(4-6-13)15-10-20(8-9-24-15)16(21)11-19-7-1-2-14(19)17(22)23;/h3-6,14-15H,1-2,7-11H2,(H,22,23);1H. The maximum absolute atomic E-state index is 13.0. The Morgan fingerprint density at radius 1 is 1.24 bits per heavy atom. The SMILES string of the molecule is Cl.O=C(O)C1CCCN1CC(=O)N1CCOC(c2ccc(F)cc2)C1. The molecule has 0 bridgehead atoms. The fraction of sp³-hybridized carbons (Fsp3) is 0.529. The molecule has 8 heteroatoms. The molecule has 6 nitrogen and oxygen atoms in total. The van der Waals surface area contributed by atoms with Crippen LogP contribution in [0.1, 0.15) is 24.5 Å². The third-order valence-electron chi connectivity index (χ3n) is 4.65. The summed E-state index contributed by atoms with van der Waals surface area (Å²) >= 11 is 0. The quantitative estimate of drug-likeness (QED) is 0.871. The van der Waals surface area contributed by atoms with Crippen molar-refractivity contribution in [2.24, 2.45) is 0 Å². The zero-order valence-electron chi connectivity index (χ0n) is 13.8. The van der Waals surface area contributed by atoms with Gasteiger partial charge in [-0.25, -0.2) is 4.39 Å². The molecule has 3 rings (SSSR count). The van der Waals surface area contributed by atoms with E-state index in [1.54, 1.807) is 21.9 Å². The molecule has 1 aromatic rings. The van der Waals surface area contributed by atoms with Crippen LogP contribution in [-0.4, -0.2) is 65.6 Å². The van der Waals surface area contributed by atoms with Gasteiger partial charge in [0.15, 0.2) is 0 Å². The highest BCUT2D eigenvalue weighted by Gasteiger charge is 2.34. The summed E-state index contributed by atoms with van der Waals surface area (Å²) in [5.41, 5.74) is 0.832. The maximum atomic E-state index is 13.0. The first kappa shape index (κ1) is 19.6. The Labute approximate surface area is 152 Å². The highest BCUT2D eigenvalue weighted by molar-refractivity contribution is 5.85. The molecule has 0 aliphatic carbocycles. The second-order valence-electron chi connectivity index (χ2n) is 6.22. The zero-order valence-corrected chi connectivity index (χ0v) is 14.6. The van der Waals surface area contributed by atoms with Crippen molar-refractivity contribution < 1.29 is 23.8 Å². The highest BCUT2D eigenvalue weighted by Crippen LogP contribution is 2.23. The number of rotatable bonds is 4. The predicted molar refractivity (Wildman–Crippen MR) is 91.2 cm³/mol. The molecule has 2 saturated heterocycles. The molecule has 25 heavy (non-hydrogen) atoms. The normalized spacial score (nSPS) is 24.0. The molecule has 2 fully saturated rings. The number of ether oxygens (including phenoxy) is 1. The van der Waals surface area contributed by atoms with Crippen LogP contribution in [-0.2, 0) is 14.3 Å². The fourth-order valence-corrected chi connectivity index (χ4v) is 3.32. The number of carboxylic acid groups (broad SMARTS) is 1. The number of carboxylic acids is 1. The smallest absolute Gasteiger partial charge is 0.320 e. The summed E-state index contributed by atoms with van der Waals surface area (Å²) < 4.78 is 18.7. The van der Waals surface area contributed by atoms with Crippen molar-refractivity contribution in [3.05, 3.63) is 35.6 Å². The van der Waals surface area contributed by atoms with E-state index in [0.29, 0.717) is 32.7 Å². The van der Waals surface area contributed by atoms with Gasteiger partial charge in [0.1, 0.15) is 18.0 Å². The van der Waals surface area contributed by atoms with E-state index in [0.717, 1.165) is 12.0 Å². The molecule has 1 aromatic carbocycles. The first-order valence-corrected chi connectivity index (χ1v) is 8.16. The molecule has 138 valence electrons. The van der Waals surface area contributed by atoms with E-state index in [1.165, 1.54) is 12.1 Å². The largest absolute Gasteiger partial charge is 0.480 e. The van der Waals surface area contributed by atoms with Crippen molar-refractivity contribution in [2.45, 2.75) is 25.0 Å². The average Bonchev–Trinajstić information content (AvgIpc) is 3.04. The van der Waals surface area contributed by atoms with E-state index < -0.39 is 12.0 Å². The minimum atomic E-state index is -0.869. The van der Waals surface area contributed by atoms with Gasteiger partial charge in [0.2, 0.25) is 5.91 Å². The van der Waals surface area contributed by atoms with Gasteiger partial charge in [-0.2, -0.15) is 0 Å². The number of morpholine rings is 1. The van der Waals surface area contributed by atoms with Gasteiger partial charge in [0, 0.05) is 6.54 Å². The van der Waals surface area contributed by atoms with Gasteiger partial charge in [-0.05, 0) is 37.1 Å². The molecule has 1 amide bonds. The van der Waals surface area contributed by atoms with Gasteiger partial charge in [-0.1, -0.05) is 12.1 Å². The molecule has 2 aliphatic heterocycles. The van der Waals surface area contributed by atoms with E-state index >= 15 is 0 Å². The number of amides is 1. The predicted octanol–water partition coefficient (Wildman–Crippen LogP) is 1.70. The molecule has 0 saturated carbocycles. The van der Waals surface area contributed by atoms with E-state index in [1.807, 2.05) is 0 Å². The third-order valence-corrected chi connectivity index (χ3v) is 4.65. The number of hydrogen-bond acceptors (Lipinski definition) is 4. The Morgan fingerprint density at radius 3 is 2.64 bits per heavy atom. The lowest BCUT2D eigenvalue weighted by Crippen LogP contribution is -2.48. The van der Waals surface area contributed by atoms with Crippen LogP contribution in [0, 0.1) is 5.82 Å². The summed E-state index contributed by atoms with van der Waals surface area (Å²) in [5, 5.41) is 9.20. The number of aliphatic carboxylic acids is 1. The summed E-state index contributed by atoms with van der Waals surface area (Å²) in [4.78, 5) is 27.2. The van der Waals surface area contributed by atoms with Crippen LogP contribution >= 0.6 is 12.4 Å². The van der Waals surface area contributed by atoms with Gasteiger partial charge >= 0.3 is 5.97 Å². The van der Waals surface area contributed by atoms with Crippen LogP contribution in [0.25, 0.3) is 0 Å². The molecule has 0 spiro atoms. The second-order valence-corrected chi connectivity index (χ2v) is 6.22. The molecule has 2 aliphatic rings. The zero-order chi connectivity index (χ0) is 17.1. The van der Waals surface area contributed by atoms with Gasteiger partial charge < -0.3 is 14.7 Å². The maximum Gasteiger partial charge on any atom is 0.320 e. The van der Waals surface area contributed by atoms with Crippen molar-refractivity contribution in [3.63, 3.8) is 0 Å². The highest BCUT2D eigenvalue weighted by atomic mass is 35.5. The molecule has 2 heterocycles. The van der Waals surface area contributed by atoms with Gasteiger partial charge in [0.05, 0.1) is 19.7 Å². The van der Waals surface area contributed by atoms with Crippen molar-refractivity contribution >= 4 is 24.3 Å². The number of benzene rings is 1. The second kappa shape index (κ2) is 8.60. The summed E-state index contributed by atoms with van der Waals surface area (Å²) in [7, 11) is 0. The molecule has 0 aromatic heterocycles. The van der Waals surface area contributed by atoms with Crippen molar-refractivity contribution in [3.8, 4) is 0 Å². The number of nitrogens with zero attached hydrogens (tertiary/aromatic N) is 2. The van der Waals surface area contributed by atoms with E-state index in [2.05, 4.69) is 0 Å². The van der Waals surface area contributed by atoms with Crippen LogP contribution in [0.5, 0.6) is 0 Å². The Kier molecular flexibility index (Phi) is 6.75. The van der Waals surface area contributed by atoms with Crippen LogP contribution in [0.4, 0.5) is 4.39 Å². The first-order chi connectivity index (χ1) is 11.5. The van der Waals surface area contributed by atoms with E-state index in [-0.39, 0.29) is 36.8 Å². The monoisotopic (exact) mass is 372 g/mol. The van der Waals surface area contributed by atoms with Crippen LogP contribution < -0.4 is 0 Å². The first-order valence-electron chi connectivity index (χ1n) is 8.16. The Morgan fingerprint density at radius 2 is 1.96 bits per heavy atom. The summed E-state index contributed by atoms with van der Waals surface area (Å²) in [6.45, 7) is 2.05. The van der Waals surface area contributed by atoms with E-state index in [4.69, 9.17) is 4.74 Å². The van der Waals surface area contributed by atoms with Crippen molar-refractivity contribution in [1.29, 1.82) is 0 Å². The average molecular weight is 373 g/mol. The Balaban J connectivity index is 0.00000225. The Hall–Kier alpha value is -1.70. The number of carbonyl (C=O) groups is 2. The molecule has 0 radical (unpaired) electrons. The topological polar surface area (TPSA) is 70.1 Å². The number of carbonyl (C=O) groups excluding carboxylic acids is 1. The molecular formula is C17H22ClFN2O4. The number of likely N-dealkylation sites (tertiary alicyclic amines) is 1. The van der Waals surface area contributed by atoms with Crippen molar-refractivity contribution in [1.82, 2.24) is 9.80 Å². The van der Waals surface area contributed by atoms with Crippen LogP contribution in [0.15, 0.2) is 24.3 Å². The summed E-state index contributed by atoms with van der Waals surface area (Å²) in [5.74, 6) is -1.26. The fourth-order valence-electron chi connectivity index (χ4n) is 3.32. The molecular weight excluding hydrogens is 351 g/mol. The lowest BCUT2D eigenvalue weighted by molar-refractivity contribution is -0.145. The van der Waals surface area contributed by atoms with Gasteiger partial charge in [-0.3, -0.25) is 14.5 Å². The van der Waals surface area contributed by atoms with Gasteiger partial charge in [-0.15, -0.1) is 12.4 Å². The minimum Gasteiger partial charge on any atom is -0.480 e. The van der Waals surface area contributed by atoms with Crippen LogP contribution in [0.2, 0.25) is 0 Å². The lowest BCUT2D eigenvalue weighted by atomic mass is 10.1. The summed E-state index contributed by atoms with van der Waals surface area (Å²) in [6.07, 6.45) is 1.10. The lowest BCUT2D eigenvalue weighted by Gasteiger charge is -2.34. The Bertz CT molecular complexity index is 613. The molecule has 2 atom stereocenters.